The van der Waals surface area contributed by atoms with Crippen molar-refractivity contribution in [2.75, 3.05) is 6.54 Å². The van der Waals surface area contributed by atoms with Gasteiger partial charge in [-0.3, -0.25) is 0 Å². The maximum Gasteiger partial charge on any atom is 0.389 e. The number of halogens is 4. The molecule has 102 valence electrons. The van der Waals surface area contributed by atoms with E-state index in [4.69, 9.17) is 0 Å². The zero-order valence-electron chi connectivity index (χ0n) is 10.4. The van der Waals surface area contributed by atoms with E-state index in [0.29, 0.717) is 6.54 Å². The highest BCUT2D eigenvalue weighted by atomic mass is 79.9. The molecule has 1 aromatic rings. The molecule has 0 radical (unpaired) electrons. The second-order valence-electron chi connectivity index (χ2n) is 4.27. The van der Waals surface area contributed by atoms with Crippen LogP contribution in [0.2, 0.25) is 0 Å². The molecule has 0 heterocycles. The van der Waals surface area contributed by atoms with E-state index in [9.17, 15) is 13.2 Å². The van der Waals surface area contributed by atoms with Gasteiger partial charge in [-0.15, -0.1) is 0 Å². The molecule has 0 amide bonds. The Morgan fingerprint density at radius 1 is 1.33 bits per heavy atom. The van der Waals surface area contributed by atoms with Gasteiger partial charge < -0.3 is 5.32 Å². The molecule has 1 atom stereocenters. The highest BCUT2D eigenvalue weighted by Crippen LogP contribution is 2.29. The lowest BCUT2D eigenvalue weighted by atomic mass is 9.97. The van der Waals surface area contributed by atoms with E-state index in [-0.39, 0.29) is 12.5 Å². The molecule has 1 unspecified atom stereocenters. The van der Waals surface area contributed by atoms with Gasteiger partial charge in [-0.25, -0.2) is 0 Å². The molecular weight excluding hydrogens is 307 g/mol. The SMILES string of the molecule is CCNC(CCC(F)(F)F)c1ccc(Br)cc1C. The fourth-order valence-electron chi connectivity index (χ4n) is 1.95. The fourth-order valence-corrected chi connectivity index (χ4v) is 2.43. The minimum Gasteiger partial charge on any atom is -0.310 e. The lowest BCUT2D eigenvalue weighted by Crippen LogP contribution is -2.23. The van der Waals surface area contributed by atoms with Crippen LogP contribution in [0.3, 0.4) is 0 Å². The Labute approximate surface area is 114 Å². The number of aryl methyl sites for hydroxylation is 1. The van der Waals surface area contributed by atoms with Crippen LogP contribution in [0.25, 0.3) is 0 Å². The lowest BCUT2D eigenvalue weighted by Gasteiger charge is -2.21. The molecule has 1 nitrogen and oxygen atoms in total. The highest BCUT2D eigenvalue weighted by Gasteiger charge is 2.28. The summed E-state index contributed by atoms with van der Waals surface area (Å²) in [6, 6.07) is 5.42. The number of benzene rings is 1. The van der Waals surface area contributed by atoms with E-state index in [1.807, 2.05) is 32.0 Å². The minimum atomic E-state index is -4.10. The molecule has 1 N–H and O–H groups in total. The van der Waals surface area contributed by atoms with Crippen LogP contribution < -0.4 is 5.32 Å². The zero-order chi connectivity index (χ0) is 13.8. The monoisotopic (exact) mass is 323 g/mol. The average Bonchev–Trinajstić information content (AvgIpc) is 2.24. The van der Waals surface area contributed by atoms with Gasteiger partial charge in [0.15, 0.2) is 0 Å². The van der Waals surface area contributed by atoms with Crippen LogP contribution in [0.1, 0.15) is 36.9 Å². The molecule has 0 bridgehead atoms. The molecule has 1 rings (SSSR count). The van der Waals surface area contributed by atoms with E-state index in [2.05, 4.69) is 21.2 Å². The molecular formula is C13H17BrF3N. The van der Waals surface area contributed by atoms with Crippen LogP contribution in [-0.4, -0.2) is 12.7 Å². The van der Waals surface area contributed by atoms with E-state index in [1.54, 1.807) is 0 Å². The fraction of sp³-hybridized carbons (Fsp3) is 0.538. The first kappa shape index (κ1) is 15.5. The normalized spacial score (nSPS) is 13.7. The van der Waals surface area contributed by atoms with Gasteiger partial charge in [-0.2, -0.15) is 13.2 Å². The van der Waals surface area contributed by atoms with Gasteiger partial charge in [0.2, 0.25) is 0 Å². The Morgan fingerprint density at radius 2 is 2.00 bits per heavy atom. The summed E-state index contributed by atoms with van der Waals surface area (Å²) in [7, 11) is 0. The zero-order valence-corrected chi connectivity index (χ0v) is 12.0. The van der Waals surface area contributed by atoms with E-state index < -0.39 is 12.6 Å². The largest absolute Gasteiger partial charge is 0.389 e. The molecule has 0 aliphatic carbocycles. The number of hydrogen-bond acceptors (Lipinski definition) is 1. The average molecular weight is 324 g/mol. The van der Waals surface area contributed by atoms with Crippen molar-refractivity contribution in [3.05, 3.63) is 33.8 Å². The summed E-state index contributed by atoms with van der Waals surface area (Å²) in [4.78, 5) is 0. The summed E-state index contributed by atoms with van der Waals surface area (Å²) in [5, 5.41) is 3.12. The Kier molecular flexibility index (Phi) is 5.66. The number of hydrogen-bond donors (Lipinski definition) is 1. The van der Waals surface area contributed by atoms with Gasteiger partial charge in [0.25, 0.3) is 0 Å². The Hall–Kier alpha value is -0.550. The van der Waals surface area contributed by atoms with E-state index in [0.717, 1.165) is 15.6 Å². The summed E-state index contributed by atoms with van der Waals surface area (Å²) in [6.45, 7) is 4.46. The van der Waals surface area contributed by atoms with Crippen LogP contribution in [0.5, 0.6) is 0 Å². The molecule has 0 aliphatic rings. The van der Waals surface area contributed by atoms with Gasteiger partial charge >= 0.3 is 6.18 Å². The van der Waals surface area contributed by atoms with Crippen LogP contribution in [0.15, 0.2) is 22.7 Å². The van der Waals surface area contributed by atoms with Gasteiger partial charge in [-0.1, -0.05) is 28.9 Å². The van der Waals surface area contributed by atoms with Crippen LogP contribution in [0.4, 0.5) is 13.2 Å². The molecule has 0 aliphatic heterocycles. The van der Waals surface area contributed by atoms with Crippen molar-refractivity contribution in [1.29, 1.82) is 0 Å². The molecule has 1 aromatic carbocycles. The van der Waals surface area contributed by atoms with Crippen molar-refractivity contribution >= 4 is 15.9 Å². The van der Waals surface area contributed by atoms with Crippen LogP contribution >= 0.6 is 15.9 Å². The molecule has 0 saturated carbocycles. The topological polar surface area (TPSA) is 12.0 Å². The molecule has 0 spiro atoms. The lowest BCUT2D eigenvalue weighted by molar-refractivity contribution is -0.136. The third-order valence-electron chi connectivity index (χ3n) is 2.77. The Balaban J connectivity index is 2.83. The van der Waals surface area contributed by atoms with Crippen LogP contribution in [0, 0.1) is 6.92 Å². The van der Waals surface area contributed by atoms with Gasteiger partial charge in [-0.05, 0) is 43.1 Å². The van der Waals surface area contributed by atoms with Crippen molar-refractivity contribution in [3.8, 4) is 0 Å². The third-order valence-corrected chi connectivity index (χ3v) is 3.27. The molecule has 0 fully saturated rings. The second kappa shape index (κ2) is 6.57. The Morgan fingerprint density at radius 3 is 2.50 bits per heavy atom. The molecule has 0 saturated heterocycles. The van der Waals surface area contributed by atoms with E-state index >= 15 is 0 Å². The smallest absolute Gasteiger partial charge is 0.310 e. The molecule has 5 heteroatoms. The van der Waals surface area contributed by atoms with Crippen LogP contribution in [-0.2, 0) is 0 Å². The summed E-state index contributed by atoms with van der Waals surface area (Å²) < 4.78 is 37.8. The second-order valence-corrected chi connectivity index (χ2v) is 5.18. The maximum absolute atomic E-state index is 12.3. The minimum absolute atomic E-state index is 0.0693. The number of alkyl halides is 3. The van der Waals surface area contributed by atoms with Gasteiger partial charge in [0, 0.05) is 16.9 Å². The van der Waals surface area contributed by atoms with Crippen molar-refractivity contribution in [1.82, 2.24) is 5.32 Å². The first-order valence-corrected chi connectivity index (χ1v) is 6.69. The molecule has 18 heavy (non-hydrogen) atoms. The van der Waals surface area contributed by atoms with Crippen molar-refractivity contribution in [2.45, 2.75) is 38.9 Å². The summed E-state index contributed by atoms with van der Waals surface area (Å²) in [6.07, 6.45) is -4.79. The number of nitrogens with one attached hydrogen (secondary N) is 1. The Bertz CT molecular complexity index is 390. The summed E-state index contributed by atoms with van der Waals surface area (Å²) >= 11 is 3.35. The van der Waals surface area contributed by atoms with E-state index in [1.165, 1.54) is 0 Å². The highest BCUT2D eigenvalue weighted by molar-refractivity contribution is 9.10. The van der Waals surface area contributed by atoms with Gasteiger partial charge in [0.05, 0.1) is 0 Å². The molecule has 0 aromatic heterocycles. The summed E-state index contributed by atoms with van der Waals surface area (Å²) in [5.74, 6) is 0. The first-order valence-electron chi connectivity index (χ1n) is 5.89. The van der Waals surface area contributed by atoms with Crippen molar-refractivity contribution < 1.29 is 13.2 Å². The van der Waals surface area contributed by atoms with Gasteiger partial charge in [0.1, 0.15) is 0 Å². The summed E-state index contributed by atoms with van der Waals surface area (Å²) in [5.41, 5.74) is 1.93. The predicted molar refractivity (Wildman–Crippen MR) is 70.6 cm³/mol. The standard InChI is InChI=1S/C13H17BrF3N/c1-3-18-12(6-7-13(15,16)17)11-5-4-10(14)8-9(11)2/h4-5,8,12,18H,3,6-7H2,1-2H3. The third kappa shape index (κ3) is 4.98. The quantitative estimate of drug-likeness (QED) is 0.824. The maximum atomic E-state index is 12.3. The van der Waals surface area contributed by atoms with Crippen molar-refractivity contribution in [3.63, 3.8) is 0 Å². The van der Waals surface area contributed by atoms with Crippen molar-refractivity contribution in [2.24, 2.45) is 0 Å². The predicted octanol–water partition coefficient (Wildman–Crippen LogP) is 4.75. The first-order chi connectivity index (χ1) is 8.33. The number of rotatable bonds is 5.